The van der Waals surface area contributed by atoms with Gasteiger partial charge in [0.05, 0.1) is 17.6 Å². The van der Waals surface area contributed by atoms with Gasteiger partial charge in [-0.3, -0.25) is 14.4 Å². The molecule has 0 aliphatic carbocycles. The van der Waals surface area contributed by atoms with Gasteiger partial charge in [-0.25, -0.2) is 4.79 Å². The number of ketones is 1. The second kappa shape index (κ2) is 9.35. The Morgan fingerprint density at radius 2 is 1.65 bits per heavy atom. The summed E-state index contributed by atoms with van der Waals surface area (Å²) in [6, 6.07) is 0. The summed E-state index contributed by atoms with van der Waals surface area (Å²) < 4.78 is 9.26. The fourth-order valence-corrected chi connectivity index (χ4v) is 1.63. The molecule has 0 aromatic carbocycles. The van der Waals surface area contributed by atoms with Gasteiger partial charge in [-0.05, 0) is 18.7 Å². The molecule has 0 aliphatic rings. The number of carboxylic acids is 1. The zero-order valence-electron chi connectivity index (χ0n) is 11.6. The molecule has 0 aliphatic heterocycles. The van der Waals surface area contributed by atoms with E-state index in [9.17, 15) is 19.2 Å². The second-order valence-corrected chi connectivity index (χ2v) is 5.53. The molecule has 0 saturated heterocycles. The van der Waals surface area contributed by atoms with Gasteiger partial charge < -0.3 is 14.6 Å². The molecule has 0 bridgehead atoms. The Morgan fingerprint density at radius 3 is 2.15 bits per heavy atom. The standard InChI is InChI=1S/C12H18O7S/c1-7(2)11(16)18-6-19-12(17)20-8(3)9(13)4-5-10(14)15/h7-8H,4-6H2,1-3H3,(H,14,15). The molecule has 0 radical (unpaired) electrons. The van der Waals surface area contributed by atoms with Crippen LogP contribution in [-0.4, -0.2) is 40.2 Å². The number of carbonyl (C=O) groups excluding carboxylic acids is 3. The fourth-order valence-electron chi connectivity index (χ4n) is 0.980. The Balaban J connectivity index is 3.93. The van der Waals surface area contributed by atoms with Crippen LogP contribution in [-0.2, 0) is 23.9 Å². The minimum absolute atomic E-state index is 0.140. The van der Waals surface area contributed by atoms with E-state index < -0.39 is 29.3 Å². The van der Waals surface area contributed by atoms with Crippen LogP contribution >= 0.6 is 11.8 Å². The zero-order valence-corrected chi connectivity index (χ0v) is 12.4. The van der Waals surface area contributed by atoms with Crippen molar-refractivity contribution in [3.05, 3.63) is 0 Å². The van der Waals surface area contributed by atoms with Gasteiger partial charge >= 0.3 is 17.2 Å². The van der Waals surface area contributed by atoms with Gasteiger partial charge in [-0.2, -0.15) is 0 Å². The zero-order chi connectivity index (χ0) is 15.7. The minimum atomic E-state index is -1.07. The van der Waals surface area contributed by atoms with Gasteiger partial charge in [0.25, 0.3) is 0 Å². The Bertz CT molecular complexity index is 378. The molecule has 0 fully saturated rings. The summed E-state index contributed by atoms with van der Waals surface area (Å²) >= 11 is 0.624. The molecule has 114 valence electrons. The third-order valence-electron chi connectivity index (χ3n) is 2.16. The topological polar surface area (TPSA) is 107 Å². The quantitative estimate of drug-likeness (QED) is 0.534. The average Bonchev–Trinajstić information content (AvgIpc) is 2.35. The molecule has 0 spiro atoms. The molecule has 1 N–H and O–H groups in total. The van der Waals surface area contributed by atoms with E-state index in [1.54, 1.807) is 13.8 Å². The lowest BCUT2D eigenvalue weighted by atomic mass is 10.2. The Labute approximate surface area is 121 Å². The molecule has 0 rings (SSSR count). The summed E-state index contributed by atoms with van der Waals surface area (Å²) in [4.78, 5) is 44.2. The van der Waals surface area contributed by atoms with Crippen molar-refractivity contribution >= 4 is 34.8 Å². The average molecular weight is 306 g/mol. The van der Waals surface area contributed by atoms with E-state index in [-0.39, 0.29) is 24.5 Å². The smallest absolute Gasteiger partial charge is 0.370 e. The molecular weight excluding hydrogens is 288 g/mol. The van der Waals surface area contributed by atoms with Crippen LogP contribution in [0.15, 0.2) is 0 Å². The number of carbonyl (C=O) groups is 4. The summed E-state index contributed by atoms with van der Waals surface area (Å²) in [6.07, 6.45) is -0.413. The van der Waals surface area contributed by atoms with E-state index >= 15 is 0 Å². The fraction of sp³-hybridized carbons (Fsp3) is 0.667. The number of ether oxygens (including phenoxy) is 2. The van der Waals surface area contributed by atoms with E-state index in [2.05, 4.69) is 9.47 Å². The first kappa shape index (κ1) is 18.4. The van der Waals surface area contributed by atoms with E-state index in [1.165, 1.54) is 6.92 Å². The number of rotatable bonds is 8. The molecule has 0 aromatic rings. The summed E-state index contributed by atoms with van der Waals surface area (Å²) in [5.74, 6) is -2.24. The predicted octanol–water partition coefficient (Wildman–Crippen LogP) is 1.84. The summed E-state index contributed by atoms with van der Waals surface area (Å²) in [7, 11) is 0. The Hall–Kier alpha value is -1.57. The molecule has 1 unspecified atom stereocenters. The lowest BCUT2D eigenvalue weighted by molar-refractivity contribution is -0.155. The maximum atomic E-state index is 11.5. The molecule has 0 heterocycles. The van der Waals surface area contributed by atoms with Crippen LogP contribution in [0.5, 0.6) is 0 Å². The number of aliphatic carboxylic acids is 1. The number of hydrogen-bond acceptors (Lipinski definition) is 7. The molecule has 1 atom stereocenters. The number of carboxylic acid groups (broad SMARTS) is 1. The highest BCUT2D eigenvalue weighted by molar-refractivity contribution is 8.14. The molecule has 8 heteroatoms. The molecule has 0 amide bonds. The monoisotopic (exact) mass is 306 g/mol. The van der Waals surface area contributed by atoms with Crippen LogP contribution in [0, 0.1) is 5.92 Å². The first-order chi connectivity index (χ1) is 9.23. The minimum Gasteiger partial charge on any atom is -0.481 e. The maximum absolute atomic E-state index is 11.5. The van der Waals surface area contributed by atoms with Crippen LogP contribution in [0.1, 0.15) is 33.6 Å². The molecule has 20 heavy (non-hydrogen) atoms. The van der Waals surface area contributed by atoms with Crippen LogP contribution in [0.2, 0.25) is 0 Å². The number of hydrogen-bond donors (Lipinski definition) is 1. The van der Waals surface area contributed by atoms with Gasteiger partial charge in [-0.15, -0.1) is 0 Å². The van der Waals surface area contributed by atoms with Crippen LogP contribution < -0.4 is 0 Å². The van der Waals surface area contributed by atoms with Crippen molar-refractivity contribution in [3.63, 3.8) is 0 Å². The van der Waals surface area contributed by atoms with Crippen molar-refractivity contribution in [3.8, 4) is 0 Å². The SMILES string of the molecule is CC(C)C(=O)OCOC(=O)SC(C)C(=O)CCC(=O)O. The summed E-state index contributed by atoms with van der Waals surface area (Å²) in [5.41, 5.74) is 0. The van der Waals surface area contributed by atoms with Crippen molar-refractivity contribution in [2.45, 2.75) is 38.9 Å². The summed E-state index contributed by atoms with van der Waals surface area (Å²) in [5, 5.41) is 6.98. The van der Waals surface area contributed by atoms with Crippen molar-refractivity contribution in [2.75, 3.05) is 6.79 Å². The highest BCUT2D eigenvalue weighted by Crippen LogP contribution is 2.16. The van der Waals surface area contributed by atoms with Crippen molar-refractivity contribution in [1.82, 2.24) is 0 Å². The number of Topliss-reactive ketones (excluding diaryl/α,β-unsaturated/α-hetero) is 1. The van der Waals surface area contributed by atoms with Crippen LogP contribution in [0.4, 0.5) is 4.79 Å². The molecule has 7 nitrogen and oxygen atoms in total. The Kier molecular flexibility index (Phi) is 8.62. The first-order valence-electron chi connectivity index (χ1n) is 5.98. The van der Waals surface area contributed by atoms with Gasteiger partial charge in [-0.1, -0.05) is 13.8 Å². The third-order valence-corrected chi connectivity index (χ3v) is 3.09. The van der Waals surface area contributed by atoms with Gasteiger partial charge in [0.15, 0.2) is 0 Å². The predicted molar refractivity (Wildman–Crippen MR) is 71.2 cm³/mol. The van der Waals surface area contributed by atoms with Crippen molar-refractivity contribution in [1.29, 1.82) is 0 Å². The molecule has 0 saturated carbocycles. The highest BCUT2D eigenvalue weighted by atomic mass is 32.2. The van der Waals surface area contributed by atoms with Crippen LogP contribution in [0.25, 0.3) is 0 Å². The Morgan fingerprint density at radius 1 is 1.05 bits per heavy atom. The molecule has 0 aromatic heterocycles. The van der Waals surface area contributed by atoms with E-state index in [0.717, 1.165) is 0 Å². The van der Waals surface area contributed by atoms with Gasteiger partial charge in [0, 0.05) is 6.42 Å². The van der Waals surface area contributed by atoms with E-state index in [4.69, 9.17) is 5.11 Å². The van der Waals surface area contributed by atoms with E-state index in [1.807, 2.05) is 0 Å². The summed E-state index contributed by atoms with van der Waals surface area (Å²) in [6.45, 7) is 4.26. The highest BCUT2D eigenvalue weighted by Gasteiger charge is 2.20. The van der Waals surface area contributed by atoms with Crippen molar-refractivity contribution < 1.29 is 33.8 Å². The molecular formula is C12H18O7S. The first-order valence-corrected chi connectivity index (χ1v) is 6.86. The largest absolute Gasteiger partial charge is 0.481 e. The number of esters is 1. The van der Waals surface area contributed by atoms with Gasteiger partial charge in [0.1, 0.15) is 5.78 Å². The van der Waals surface area contributed by atoms with E-state index in [0.29, 0.717) is 11.8 Å². The van der Waals surface area contributed by atoms with Crippen LogP contribution in [0.3, 0.4) is 0 Å². The maximum Gasteiger partial charge on any atom is 0.370 e. The lowest BCUT2D eigenvalue weighted by Gasteiger charge is -2.10. The third kappa shape index (κ3) is 8.52. The number of thioether (sulfide) groups is 1. The van der Waals surface area contributed by atoms with Gasteiger partial charge in [0.2, 0.25) is 6.79 Å². The van der Waals surface area contributed by atoms with Crippen molar-refractivity contribution in [2.24, 2.45) is 5.92 Å². The lowest BCUT2D eigenvalue weighted by Crippen LogP contribution is -2.19. The second-order valence-electron chi connectivity index (χ2n) is 4.25. The normalized spacial score (nSPS) is 11.8.